The van der Waals surface area contributed by atoms with Gasteiger partial charge in [-0.1, -0.05) is 23.2 Å². The molecule has 0 fully saturated rings. The number of aromatic carboxylic acids is 1. The van der Waals surface area contributed by atoms with Crippen LogP contribution in [0.3, 0.4) is 0 Å². The summed E-state index contributed by atoms with van der Waals surface area (Å²) in [5.74, 6) is -1.47. The van der Waals surface area contributed by atoms with Gasteiger partial charge in [0, 0.05) is 6.20 Å². The van der Waals surface area contributed by atoms with Gasteiger partial charge in [0.25, 0.3) is 6.43 Å². The van der Waals surface area contributed by atoms with E-state index in [9.17, 15) is 13.6 Å². The molecule has 0 radical (unpaired) electrons. The zero-order chi connectivity index (χ0) is 10.9. The average Bonchev–Trinajstić information content (AvgIpc) is 2.02. The van der Waals surface area contributed by atoms with Crippen LogP contribution >= 0.6 is 23.2 Å². The number of carbonyl (C=O) groups is 1. The summed E-state index contributed by atoms with van der Waals surface area (Å²) in [5.41, 5.74) is -1.34. The van der Waals surface area contributed by atoms with Crippen molar-refractivity contribution in [1.82, 2.24) is 4.98 Å². The topological polar surface area (TPSA) is 50.2 Å². The van der Waals surface area contributed by atoms with E-state index in [0.29, 0.717) is 0 Å². The number of nitrogens with zero attached hydrogens (tertiary/aromatic N) is 1. The summed E-state index contributed by atoms with van der Waals surface area (Å²) >= 11 is 10.8. The lowest BCUT2D eigenvalue weighted by Crippen LogP contribution is -2.03. The van der Waals surface area contributed by atoms with Crippen molar-refractivity contribution in [3.63, 3.8) is 0 Å². The Balaban J connectivity index is 3.41. The molecular weight excluding hydrogens is 239 g/mol. The maximum absolute atomic E-state index is 12.2. The lowest BCUT2D eigenvalue weighted by Gasteiger charge is -2.05. The second-order valence-corrected chi connectivity index (χ2v) is 3.07. The van der Waals surface area contributed by atoms with Crippen LogP contribution in [-0.4, -0.2) is 16.1 Å². The minimum Gasteiger partial charge on any atom is -0.478 e. The van der Waals surface area contributed by atoms with Crippen LogP contribution in [0, 0.1) is 0 Å². The first-order chi connectivity index (χ1) is 6.45. The van der Waals surface area contributed by atoms with Gasteiger partial charge in [0.2, 0.25) is 0 Å². The Kier molecular flexibility index (Phi) is 3.23. The highest BCUT2D eigenvalue weighted by Gasteiger charge is 2.22. The number of carboxylic acid groups (broad SMARTS) is 1. The van der Waals surface area contributed by atoms with Crippen molar-refractivity contribution in [1.29, 1.82) is 0 Å². The summed E-state index contributed by atoms with van der Waals surface area (Å²) in [7, 11) is 0. The highest BCUT2D eigenvalue weighted by Crippen LogP contribution is 2.31. The largest absolute Gasteiger partial charge is 0.478 e. The molecule has 1 aromatic rings. The molecule has 1 rings (SSSR count). The van der Waals surface area contributed by atoms with E-state index in [2.05, 4.69) is 4.98 Å². The van der Waals surface area contributed by atoms with E-state index in [-0.39, 0.29) is 5.02 Å². The number of carboxylic acids is 1. The Hall–Kier alpha value is -0.940. The molecule has 0 saturated heterocycles. The zero-order valence-corrected chi connectivity index (χ0v) is 7.98. The van der Waals surface area contributed by atoms with Crippen LogP contribution in [0.4, 0.5) is 8.78 Å². The van der Waals surface area contributed by atoms with Crippen LogP contribution in [0.15, 0.2) is 6.20 Å². The molecule has 0 aromatic carbocycles. The lowest BCUT2D eigenvalue weighted by molar-refractivity contribution is 0.0696. The van der Waals surface area contributed by atoms with Gasteiger partial charge in [-0.3, -0.25) is 4.98 Å². The van der Waals surface area contributed by atoms with Gasteiger partial charge >= 0.3 is 5.97 Å². The van der Waals surface area contributed by atoms with Gasteiger partial charge in [0.15, 0.2) is 0 Å². The highest BCUT2D eigenvalue weighted by molar-refractivity contribution is 6.39. The van der Waals surface area contributed by atoms with Crippen LogP contribution in [0.2, 0.25) is 10.0 Å². The maximum atomic E-state index is 12.2. The van der Waals surface area contributed by atoms with Crippen LogP contribution < -0.4 is 0 Å². The zero-order valence-electron chi connectivity index (χ0n) is 6.47. The van der Waals surface area contributed by atoms with Crippen molar-refractivity contribution in [2.75, 3.05) is 0 Å². The van der Waals surface area contributed by atoms with E-state index < -0.39 is 28.7 Å². The molecule has 76 valence electrons. The van der Waals surface area contributed by atoms with Crippen LogP contribution in [0.5, 0.6) is 0 Å². The lowest BCUT2D eigenvalue weighted by atomic mass is 10.2. The Morgan fingerprint density at radius 2 is 2.07 bits per heavy atom. The summed E-state index contributed by atoms with van der Waals surface area (Å²) in [6.07, 6.45) is -2.10. The van der Waals surface area contributed by atoms with Gasteiger partial charge in [-0.2, -0.15) is 0 Å². The molecule has 1 heterocycles. The third-order valence-corrected chi connectivity index (χ3v) is 2.09. The molecule has 0 unspecified atom stereocenters. The minimum absolute atomic E-state index is 0.271. The molecular formula is C7H3Cl2F2NO2. The molecule has 0 atom stereocenters. The summed E-state index contributed by atoms with van der Waals surface area (Å²) < 4.78 is 24.4. The first-order valence-corrected chi connectivity index (χ1v) is 4.06. The van der Waals surface area contributed by atoms with Crippen LogP contribution in [-0.2, 0) is 0 Å². The number of pyridine rings is 1. The monoisotopic (exact) mass is 241 g/mol. The van der Waals surface area contributed by atoms with Gasteiger partial charge < -0.3 is 5.11 Å². The van der Waals surface area contributed by atoms with E-state index in [1.807, 2.05) is 0 Å². The van der Waals surface area contributed by atoms with Gasteiger partial charge in [-0.25, -0.2) is 13.6 Å². The standard InChI is InChI=1S/C7H3Cl2F2NO2/c8-2-1-12-5(6(10)11)4(9)3(2)7(13)14/h1,6H,(H,13,14). The fraction of sp³-hybridized carbons (Fsp3) is 0.143. The number of aromatic nitrogens is 1. The van der Waals surface area contributed by atoms with Crippen molar-refractivity contribution >= 4 is 29.2 Å². The third kappa shape index (κ3) is 1.93. The molecule has 3 nitrogen and oxygen atoms in total. The van der Waals surface area contributed by atoms with Gasteiger partial charge in [0.1, 0.15) is 11.3 Å². The molecule has 0 bridgehead atoms. The second kappa shape index (κ2) is 4.06. The van der Waals surface area contributed by atoms with Crippen molar-refractivity contribution < 1.29 is 18.7 Å². The Morgan fingerprint density at radius 1 is 1.50 bits per heavy atom. The van der Waals surface area contributed by atoms with Crippen molar-refractivity contribution in [2.45, 2.75) is 6.43 Å². The SMILES string of the molecule is O=C(O)c1c(Cl)cnc(C(F)F)c1Cl. The average molecular weight is 242 g/mol. The predicted octanol–water partition coefficient (Wildman–Crippen LogP) is 3.02. The molecule has 0 aliphatic rings. The highest BCUT2D eigenvalue weighted by atomic mass is 35.5. The van der Waals surface area contributed by atoms with Crippen LogP contribution in [0.1, 0.15) is 22.5 Å². The molecule has 0 aliphatic carbocycles. The molecule has 0 saturated carbocycles. The van der Waals surface area contributed by atoms with Gasteiger partial charge in [0.05, 0.1) is 10.0 Å². The third-order valence-electron chi connectivity index (χ3n) is 1.42. The number of hydrogen-bond acceptors (Lipinski definition) is 2. The first-order valence-electron chi connectivity index (χ1n) is 3.30. The predicted molar refractivity (Wildman–Crippen MR) is 46.2 cm³/mol. The molecule has 0 spiro atoms. The molecule has 1 N–H and O–H groups in total. The quantitative estimate of drug-likeness (QED) is 0.866. The fourth-order valence-corrected chi connectivity index (χ4v) is 1.41. The van der Waals surface area contributed by atoms with E-state index >= 15 is 0 Å². The number of rotatable bonds is 2. The summed E-state index contributed by atoms with van der Waals surface area (Å²) in [5, 5.41) is 7.71. The Morgan fingerprint density at radius 3 is 2.50 bits per heavy atom. The fourth-order valence-electron chi connectivity index (χ4n) is 0.829. The molecule has 7 heteroatoms. The molecule has 0 aliphatic heterocycles. The van der Waals surface area contributed by atoms with Crippen molar-refractivity contribution in [3.05, 3.63) is 27.5 Å². The van der Waals surface area contributed by atoms with E-state index in [1.165, 1.54) is 0 Å². The van der Waals surface area contributed by atoms with E-state index in [1.54, 1.807) is 0 Å². The Labute approximate surface area is 87.3 Å². The minimum atomic E-state index is -2.93. The van der Waals surface area contributed by atoms with Crippen LogP contribution in [0.25, 0.3) is 0 Å². The van der Waals surface area contributed by atoms with Gasteiger partial charge in [-0.15, -0.1) is 0 Å². The van der Waals surface area contributed by atoms with Crippen molar-refractivity contribution in [3.8, 4) is 0 Å². The van der Waals surface area contributed by atoms with E-state index in [4.69, 9.17) is 28.3 Å². The Bertz CT molecular complexity index is 384. The maximum Gasteiger partial charge on any atom is 0.338 e. The van der Waals surface area contributed by atoms with E-state index in [0.717, 1.165) is 6.20 Å². The smallest absolute Gasteiger partial charge is 0.338 e. The number of hydrogen-bond donors (Lipinski definition) is 1. The first kappa shape index (κ1) is 11.1. The summed E-state index contributed by atoms with van der Waals surface area (Å²) in [6, 6.07) is 0. The van der Waals surface area contributed by atoms with Crippen molar-refractivity contribution in [2.24, 2.45) is 0 Å². The summed E-state index contributed by atoms with van der Waals surface area (Å²) in [4.78, 5) is 13.8. The molecule has 0 amide bonds. The normalized spacial score (nSPS) is 10.6. The molecule has 1 aromatic heterocycles. The number of halogens is 4. The van der Waals surface area contributed by atoms with Gasteiger partial charge in [-0.05, 0) is 0 Å². The second-order valence-electron chi connectivity index (χ2n) is 2.29. The molecule has 14 heavy (non-hydrogen) atoms. The summed E-state index contributed by atoms with van der Waals surface area (Å²) in [6.45, 7) is 0. The number of alkyl halides is 2.